The number of carboxylic acids is 1. The van der Waals surface area contributed by atoms with Crippen LogP contribution in [0.25, 0.3) is 11.1 Å². The molecule has 1 aromatic heterocycles. The van der Waals surface area contributed by atoms with Gasteiger partial charge >= 0.3 is 5.97 Å². The summed E-state index contributed by atoms with van der Waals surface area (Å²) in [6.07, 6.45) is 2.34. The Bertz CT molecular complexity index is 1050. The third-order valence-corrected chi connectivity index (χ3v) is 6.99. The molecule has 2 aromatic carbocycles. The van der Waals surface area contributed by atoms with Gasteiger partial charge < -0.3 is 10.4 Å². The van der Waals surface area contributed by atoms with Crippen LogP contribution in [-0.2, 0) is 4.79 Å². The second-order valence-electron chi connectivity index (χ2n) is 6.79. The van der Waals surface area contributed by atoms with E-state index < -0.39 is 5.97 Å². The van der Waals surface area contributed by atoms with E-state index in [4.69, 9.17) is 0 Å². The lowest BCUT2D eigenvalue weighted by Crippen LogP contribution is -2.22. The van der Waals surface area contributed by atoms with Crippen LogP contribution < -0.4 is 5.32 Å². The summed E-state index contributed by atoms with van der Waals surface area (Å²) in [5.41, 5.74) is 4.18. The Hall–Kier alpha value is -2.57. The molecule has 28 heavy (non-hydrogen) atoms. The second-order valence-corrected chi connectivity index (χ2v) is 8.73. The molecular formula is C22H19NO3S2. The molecule has 0 fully saturated rings. The number of anilines is 1. The van der Waals surface area contributed by atoms with E-state index in [-0.39, 0.29) is 16.7 Å². The van der Waals surface area contributed by atoms with Gasteiger partial charge in [-0.2, -0.15) is 0 Å². The molecule has 4 nitrogen and oxygen atoms in total. The molecule has 6 heteroatoms. The van der Waals surface area contributed by atoms with Crippen molar-refractivity contribution in [3.63, 3.8) is 0 Å². The number of rotatable bonds is 4. The first-order chi connectivity index (χ1) is 13.5. The fraction of sp³-hybridized carbons (Fsp3) is 0.182. The Morgan fingerprint density at radius 3 is 2.43 bits per heavy atom. The van der Waals surface area contributed by atoms with Crippen molar-refractivity contribution in [2.75, 3.05) is 11.6 Å². The maximum atomic E-state index is 12.5. The van der Waals surface area contributed by atoms with E-state index in [9.17, 15) is 14.7 Å². The highest BCUT2D eigenvalue weighted by Gasteiger charge is 2.34. The maximum Gasteiger partial charge on any atom is 0.346 e. The van der Waals surface area contributed by atoms with Gasteiger partial charge in [0.25, 0.3) is 0 Å². The van der Waals surface area contributed by atoms with Crippen molar-refractivity contribution in [2.24, 2.45) is 0 Å². The molecule has 1 aliphatic rings. The number of nitrogens with one attached hydrogen (secondary N) is 1. The van der Waals surface area contributed by atoms with Crippen molar-refractivity contribution in [3.8, 4) is 11.1 Å². The van der Waals surface area contributed by atoms with Crippen LogP contribution >= 0.6 is 23.1 Å². The van der Waals surface area contributed by atoms with E-state index in [0.717, 1.165) is 26.5 Å². The van der Waals surface area contributed by atoms with Crippen molar-refractivity contribution >= 4 is 40.7 Å². The first kappa shape index (κ1) is 18.8. The minimum Gasteiger partial charge on any atom is -0.477 e. The number of thioether (sulfide) groups is 1. The molecule has 0 aliphatic carbocycles. The predicted octanol–water partition coefficient (Wildman–Crippen LogP) is 5.62. The van der Waals surface area contributed by atoms with Gasteiger partial charge in [0.15, 0.2) is 0 Å². The molecule has 0 radical (unpaired) electrons. The van der Waals surface area contributed by atoms with Gasteiger partial charge in [-0.1, -0.05) is 42.0 Å². The minimum absolute atomic E-state index is 0.0884. The van der Waals surface area contributed by atoms with Gasteiger partial charge in [0.1, 0.15) is 4.88 Å². The normalized spacial score (nSPS) is 15.8. The number of fused-ring (bicyclic) bond motifs is 1. The van der Waals surface area contributed by atoms with Crippen LogP contribution in [0.3, 0.4) is 0 Å². The number of benzene rings is 2. The number of carboxylic acid groups (broad SMARTS) is 1. The summed E-state index contributed by atoms with van der Waals surface area (Å²) in [6, 6.07) is 15.9. The highest BCUT2D eigenvalue weighted by molar-refractivity contribution is 7.98. The molecule has 0 saturated heterocycles. The fourth-order valence-corrected chi connectivity index (χ4v) is 5.19. The molecule has 3 aromatic rings. The highest BCUT2D eigenvalue weighted by Crippen LogP contribution is 2.49. The van der Waals surface area contributed by atoms with Gasteiger partial charge in [0.2, 0.25) is 5.91 Å². The largest absolute Gasteiger partial charge is 0.477 e. The quantitative estimate of drug-likeness (QED) is 0.549. The number of amides is 1. The van der Waals surface area contributed by atoms with Crippen LogP contribution in [0.1, 0.15) is 38.0 Å². The zero-order valence-corrected chi connectivity index (χ0v) is 17.1. The molecule has 0 unspecified atom stereocenters. The summed E-state index contributed by atoms with van der Waals surface area (Å²) in [4.78, 5) is 26.8. The molecule has 1 aliphatic heterocycles. The summed E-state index contributed by atoms with van der Waals surface area (Å²) >= 11 is 2.93. The molecule has 0 saturated carbocycles. The maximum absolute atomic E-state index is 12.5. The summed E-state index contributed by atoms with van der Waals surface area (Å²) in [5.74, 6) is -1.20. The summed E-state index contributed by atoms with van der Waals surface area (Å²) in [7, 11) is 0. The third kappa shape index (κ3) is 3.34. The van der Waals surface area contributed by atoms with E-state index >= 15 is 0 Å². The van der Waals surface area contributed by atoms with Gasteiger partial charge in [-0.05, 0) is 36.4 Å². The lowest BCUT2D eigenvalue weighted by molar-refractivity contribution is -0.116. The third-order valence-electron chi connectivity index (χ3n) is 4.96. The van der Waals surface area contributed by atoms with E-state index in [1.807, 2.05) is 61.7 Å². The number of thiophene rings is 1. The topological polar surface area (TPSA) is 66.4 Å². The summed E-state index contributed by atoms with van der Waals surface area (Å²) in [5, 5.41) is 12.8. The molecular weight excluding hydrogens is 390 g/mol. The number of aryl methyl sites for hydroxylation is 1. The van der Waals surface area contributed by atoms with Crippen LogP contribution in [0, 0.1) is 6.92 Å². The Labute approximate surface area is 171 Å². The van der Waals surface area contributed by atoms with Crippen molar-refractivity contribution in [2.45, 2.75) is 24.2 Å². The molecule has 0 bridgehead atoms. The summed E-state index contributed by atoms with van der Waals surface area (Å²) < 4.78 is 0. The highest BCUT2D eigenvalue weighted by atomic mass is 32.2. The van der Waals surface area contributed by atoms with Crippen molar-refractivity contribution in [1.29, 1.82) is 0 Å². The zero-order chi connectivity index (χ0) is 19.8. The van der Waals surface area contributed by atoms with Gasteiger partial charge in [-0.25, -0.2) is 4.79 Å². The first-order valence-corrected chi connectivity index (χ1v) is 10.9. The zero-order valence-electron chi connectivity index (χ0n) is 15.5. The van der Waals surface area contributed by atoms with Crippen molar-refractivity contribution in [1.82, 2.24) is 0 Å². The molecule has 2 heterocycles. The Morgan fingerprint density at radius 2 is 1.82 bits per heavy atom. The monoisotopic (exact) mass is 409 g/mol. The van der Waals surface area contributed by atoms with E-state index in [1.165, 1.54) is 11.3 Å². The number of carbonyl (C=O) groups is 2. The molecule has 4 rings (SSSR count). The van der Waals surface area contributed by atoms with E-state index in [2.05, 4.69) is 5.32 Å². The second kappa shape index (κ2) is 7.45. The number of hydrogen-bond donors (Lipinski definition) is 2. The Balaban J connectivity index is 1.89. The van der Waals surface area contributed by atoms with E-state index in [1.54, 1.807) is 11.8 Å². The summed E-state index contributed by atoms with van der Waals surface area (Å²) in [6.45, 7) is 1.99. The fourth-order valence-electron chi connectivity index (χ4n) is 3.54. The molecule has 1 amide bonds. The van der Waals surface area contributed by atoms with Gasteiger partial charge in [-0.15, -0.1) is 23.1 Å². The van der Waals surface area contributed by atoms with Crippen LogP contribution in [-0.4, -0.2) is 23.2 Å². The van der Waals surface area contributed by atoms with Crippen LogP contribution in [0.5, 0.6) is 0 Å². The molecule has 0 spiro atoms. The number of carbonyl (C=O) groups excluding carboxylic acids is 1. The SMILES string of the molecule is CSc1ccc([C@H]2CC(=O)Nc3c2sc(C(=O)O)c3-c2ccc(C)cc2)cc1. The molecule has 142 valence electrons. The molecule has 1 atom stereocenters. The average molecular weight is 410 g/mol. The Kier molecular flexibility index (Phi) is 5.00. The average Bonchev–Trinajstić information content (AvgIpc) is 3.07. The van der Waals surface area contributed by atoms with Crippen LogP contribution in [0.15, 0.2) is 53.4 Å². The number of hydrogen-bond acceptors (Lipinski definition) is 4. The van der Waals surface area contributed by atoms with Gasteiger partial charge in [0, 0.05) is 27.7 Å². The lowest BCUT2D eigenvalue weighted by Gasteiger charge is -2.24. The standard InChI is InChI=1S/C22H19NO3S2/c1-12-3-5-14(6-4-12)18-19-20(28-21(18)22(25)26)16(11-17(24)23-19)13-7-9-15(27-2)10-8-13/h3-10,16H,11H2,1-2H3,(H,23,24)(H,25,26)/t16-/m1/s1. The number of aromatic carboxylic acids is 1. The van der Waals surface area contributed by atoms with E-state index in [0.29, 0.717) is 17.7 Å². The van der Waals surface area contributed by atoms with Crippen LogP contribution in [0.4, 0.5) is 5.69 Å². The first-order valence-electron chi connectivity index (χ1n) is 8.88. The predicted molar refractivity (Wildman–Crippen MR) is 115 cm³/mol. The Morgan fingerprint density at radius 1 is 1.14 bits per heavy atom. The smallest absolute Gasteiger partial charge is 0.346 e. The van der Waals surface area contributed by atoms with Gasteiger partial charge in [-0.3, -0.25) is 4.79 Å². The minimum atomic E-state index is -0.972. The molecule has 2 N–H and O–H groups in total. The van der Waals surface area contributed by atoms with Crippen molar-refractivity contribution in [3.05, 3.63) is 69.4 Å². The van der Waals surface area contributed by atoms with Gasteiger partial charge in [0.05, 0.1) is 5.69 Å². The van der Waals surface area contributed by atoms with Crippen LogP contribution in [0.2, 0.25) is 0 Å². The lowest BCUT2D eigenvalue weighted by atomic mass is 9.88. The van der Waals surface area contributed by atoms with Crippen molar-refractivity contribution < 1.29 is 14.7 Å².